The molecule has 2 aromatic carbocycles. The minimum atomic E-state index is -3.79. The van der Waals surface area contributed by atoms with Crippen LogP contribution in [-0.4, -0.2) is 34.3 Å². The third kappa shape index (κ3) is 2.89. The number of hydrogen-bond acceptors (Lipinski definition) is 5. The monoisotopic (exact) mass is 360 g/mol. The minimum Gasteiger partial charge on any atom is -0.493 e. The maximum absolute atomic E-state index is 12.8. The number of rotatable bonds is 4. The van der Waals surface area contributed by atoms with E-state index in [0.29, 0.717) is 30.9 Å². The largest absolute Gasteiger partial charge is 0.493 e. The normalized spacial score (nSPS) is 16.3. The average Bonchev–Trinajstić information content (AvgIpc) is 3.23. The van der Waals surface area contributed by atoms with Gasteiger partial charge in [-0.1, -0.05) is 12.1 Å². The summed E-state index contributed by atoms with van der Waals surface area (Å²) in [6.45, 7) is 1.23. The first-order valence-electron chi connectivity index (χ1n) is 7.86. The molecule has 2 heterocycles. The number of ether oxygens (including phenoxy) is 2. The fourth-order valence-corrected chi connectivity index (χ4v) is 4.07. The highest BCUT2D eigenvalue weighted by Crippen LogP contribution is 2.32. The summed E-state index contributed by atoms with van der Waals surface area (Å²) in [5.41, 5.74) is 1.68. The SMILES string of the molecule is O=C1OCCN1c1ccccc1NS(=O)(=O)c1ccc2c(c1)CCO2. The predicted octanol–water partition coefficient (Wildman–Crippen LogP) is 2.38. The molecule has 1 amide bonds. The molecule has 0 bridgehead atoms. The molecule has 1 saturated heterocycles. The van der Waals surface area contributed by atoms with Crippen molar-refractivity contribution < 1.29 is 22.7 Å². The van der Waals surface area contributed by atoms with Crippen LogP contribution in [0.25, 0.3) is 0 Å². The van der Waals surface area contributed by atoms with Gasteiger partial charge in [0, 0.05) is 6.42 Å². The molecule has 2 aliphatic rings. The molecule has 1 N–H and O–H groups in total. The third-order valence-corrected chi connectivity index (χ3v) is 5.53. The van der Waals surface area contributed by atoms with Crippen LogP contribution in [0, 0.1) is 0 Å². The Hall–Kier alpha value is -2.74. The summed E-state index contributed by atoms with van der Waals surface area (Å²) in [6.07, 6.45) is 0.205. The Labute approximate surface area is 145 Å². The van der Waals surface area contributed by atoms with E-state index in [0.717, 1.165) is 11.3 Å². The molecule has 0 unspecified atom stereocenters. The summed E-state index contributed by atoms with van der Waals surface area (Å²) in [7, 11) is -3.79. The van der Waals surface area contributed by atoms with Gasteiger partial charge in [0.2, 0.25) is 0 Å². The zero-order valence-electron chi connectivity index (χ0n) is 13.3. The van der Waals surface area contributed by atoms with Gasteiger partial charge < -0.3 is 9.47 Å². The first-order valence-corrected chi connectivity index (χ1v) is 9.35. The summed E-state index contributed by atoms with van der Waals surface area (Å²) >= 11 is 0. The lowest BCUT2D eigenvalue weighted by Crippen LogP contribution is -2.25. The van der Waals surface area contributed by atoms with E-state index in [4.69, 9.17) is 9.47 Å². The lowest BCUT2D eigenvalue weighted by molar-refractivity contribution is 0.181. The first kappa shape index (κ1) is 15.8. The lowest BCUT2D eigenvalue weighted by atomic mass is 10.2. The van der Waals surface area contributed by atoms with Crippen LogP contribution in [0.1, 0.15) is 5.56 Å². The first-order chi connectivity index (χ1) is 12.0. The van der Waals surface area contributed by atoms with E-state index in [-0.39, 0.29) is 11.5 Å². The van der Waals surface area contributed by atoms with Crippen LogP contribution in [0.5, 0.6) is 5.75 Å². The number of carbonyl (C=O) groups is 1. The number of carbonyl (C=O) groups excluding carboxylic acids is 1. The van der Waals surface area contributed by atoms with Gasteiger partial charge in [0.1, 0.15) is 12.4 Å². The number of anilines is 2. The lowest BCUT2D eigenvalue weighted by Gasteiger charge is -2.18. The van der Waals surface area contributed by atoms with Crippen LogP contribution in [0.2, 0.25) is 0 Å². The van der Waals surface area contributed by atoms with Crippen molar-refractivity contribution in [2.24, 2.45) is 0 Å². The molecule has 0 aliphatic carbocycles. The molecule has 2 aliphatic heterocycles. The van der Waals surface area contributed by atoms with Crippen LogP contribution >= 0.6 is 0 Å². The summed E-state index contributed by atoms with van der Waals surface area (Å²) < 4.78 is 38.4. The van der Waals surface area contributed by atoms with E-state index in [1.807, 2.05) is 0 Å². The van der Waals surface area contributed by atoms with Crippen molar-refractivity contribution in [1.82, 2.24) is 0 Å². The van der Waals surface area contributed by atoms with Gasteiger partial charge in [0.05, 0.1) is 29.4 Å². The average molecular weight is 360 g/mol. The second-order valence-corrected chi connectivity index (χ2v) is 7.44. The van der Waals surface area contributed by atoms with Gasteiger partial charge >= 0.3 is 6.09 Å². The van der Waals surface area contributed by atoms with E-state index in [9.17, 15) is 13.2 Å². The van der Waals surface area contributed by atoms with Crippen LogP contribution in [0.15, 0.2) is 47.4 Å². The molecular formula is C17H16N2O5S. The Morgan fingerprint density at radius 3 is 2.68 bits per heavy atom. The summed E-state index contributed by atoms with van der Waals surface area (Å²) in [4.78, 5) is 13.4. The molecule has 130 valence electrons. The van der Waals surface area contributed by atoms with Crippen molar-refractivity contribution >= 4 is 27.5 Å². The standard InChI is InChI=1S/C17H16N2O5S/c20-17-19(8-10-24-17)15-4-2-1-3-14(15)18-25(21,22)13-5-6-16-12(11-13)7-9-23-16/h1-6,11,18H,7-10H2. The molecule has 0 atom stereocenters. The molecule has 0 spiro atoms. The number of benzene rings is 2. The quantitative estimate of drug-likeness (QED) is 0.905. The molecule has 0 saturated carbocycles. The summed E-state index contributed by atoms with van der Waals surface area (Å²) in [5, 5.41) is 0. The Bertz CT molecular complexity index is 942. The van der Waals surface area contributed by atoms with E-state index in [1.165, 1.54) is 11.0 Å². The smallest absolute Gasteiger partial charge is 0.414 e. The zero-order valence-corrected chi connectivity index (χ0v) is 14.1. The molecule has 0 radical (unpaired) electrons. The van der Waals surface area contributed by atoms with Crippen molar-refractivity contribution in [3.8, 4) is 5.75 Å². The Morgan fingerprint density at radius 2 is 1.88 bits per heavy atom. The van der Waals surface area contributed by atoms with Crippen LogP contribution < -0.4 is 14.4 Å². The molecule has 0 aromatic heterocycles. The highest BCUT2D eigenvalue weighted by Gasteiger charge is 2.27. The maximum Gasteiger partial charge on any atom is 0.414 e. The van der Waals surface area contributed by atoms with E-state index in [1.54, 1.807) is 36.4 Å². The Balaban J connectivity index is 1.67. The molecule has 7 nitrogen and oxygen atoms in total. The topological polar surface area (TPSA) is 84.9 Å². The fourth-order valence-electron chi connectivity index (χ4n) is 2.94. The second-order valence-electron chi connectivity index (χ2n) is 5.76. The van der Waals surface area contributed by atoms with Crippen molar-refractivity contribution in [2.75, 3.05) is 29.4 Å². The molecule has 1 fully saturated rings. The number of fused-ring (bicyclic) bond motifs is 1. The van der Waals surface area contributed by atoms with Crippen LogP contribution in [-0.2, 0) is 21.2 Å². The number of sulfonamides is 1. The van der Waals surface area contributed by atoms with Crippen molar-refractivity contribution in [3.05, 3.63) is 48.0 Å². The van der Waals surface area contributed by atoms with Gasteiger partial charge in [-0.05, 0) is 35.9 Å². The van der Waals surface area contributed by atoms with E-state index >= 15 is 0 Å². The highest BCUT2D eigenvalue weighted by molar-refractivity contribution is 7.92. The van der Waals surface area contributed by atoms with Gasteiger partial charge in [-0.15, -0.1) is 0 Å². The number of cyclic esters (lactones) is 1. The van der Waals surface area contributed by atoms with Gasteiger partial charge in [0.15, 0.2) is 0 Å². The van der Waals surface area contributed by atoms with Crippen molar-refractivity contribution in [3.63, 3.8) is 0 Å². The molecular weight excluding hydrogens is 344 g/mol. The summed E-state index contributed by atoms with van der Waals surface area (Å²) in [5.74, 6) is 0.721. The van der Waals surface area contributed by atoms with Gasteiger partial charge in [-0.25, -0.2) is 13.2 Å². The fraction of sp³-hybridized carbons (Fsp3) is 0.235. The molecule has 4 rings (SSSR count). The van der Waals surface area contributed by atoms with Crippen molar-refractivity contribution in [2.45, 2.75) is 11.3 Å². The van der Waals surface area contributed by atoms with Crippen LogP contribution in [0.3, 0.4) is 0 Å². The number of nitrogens with one attached hydrogen (secondary N) is 1. The zero-order chi connectivity index (χ0) is 17.4. The number of hydrogen-bond donors (Lipinski definition) is 1. The maximum atomic E-state index is 12.8. The van der Waals surface area contributed by atoms with Gasteiger partial charge in [-0.3, -0.25) is 9.62 Å². The predicted molar refractivity (Wildman–Crippen MR) is 91.6 cm³/mol. The molecule has 8 heteroatoms. The van der Waals surface area contributed by atoms with E-state index in [2.05, 4.69) is 4.72 Å². The molecule has 25 heavy (non-hydrogen) atoms. The number of nitrogens with zero attached hydrogens (tertiary/aromatic N) is 1. The highest BCUT2D eigenvalue weighted by atomic mass is 32.2. The van der Waals surface area contributed by atoms with Gasteiger partial charge in [-0.2, -0.15) is 0 Å². The number of amides is 1. The minimum absolute atomic E-state index is 0.163. The Kier molecular flexibility index (Phi) is 3.76. The number of para-hydroxylation sites is 2. The second kappa shape index (κ2) is 5.96. The summed E-state index contributed by atoms with van der Waals surface area (Å²) in [6, 6.07) is 11.6. The Morgan fingerprint density at radius 1 is 1.04 bits per heavy atom. The van der Waals surface area contributed by atoms with Gasteiger partial charge in [0.25, 0.3) is 10.0 Å². The van der Waals surface area contributed by atoms with E-state index < -0.39 is 16.1 Å². The van der Waals surface area contributed by atoms with Crippen molar-refractivity contribution in [1.29, 1.82) is 0 Å². The van der Waals surface area contributed by atoms with Crippen LogP contribution in [0.4, 0.5) is 16.2 Å². The third-order valence-electron chi connectivity index (χ3n) is 4.17. The molecule has 2 aromatic rings.